The van der Waals surface area contributed by atoms with E-state index >= 15 is 0 Å². The molecule has 0 saturated carbocycles. The Morgan fingerprint density at radius 2 is 1.95 bits per heavy atom. The summed E-state index contributed by atoms with van der Waals surface area (Å²) in [5, 5.41) is 2.46. The van der Waals surface area contributed by atoms with Crippen molar-refractivity contribution in [3.63, 3.8) is 0 Å². The van der Waals surface area contributed by atoms with E-state index in [-0.39, 0.29) is 17.2 Å². The summed E-state index contributed by atoms with van der Waals surface area (Å²) >= 11 is 5.66. The SMILES string of the molecule is CNCCCS(=O)(=O)Nc1c(Cl)cccc1C(F)(F)F. The first kappa shape index (κ1) is 17.1. The van der Waals surface area contributed by atoms with E-state index < -0.39 is 27.5 Å². The zero-order valence-electron chi connectivity index (χ0n) is 10.6. The van der Waals surface area contributed by atoms with Crippen molar-refractivity contribution in [1.29, 1.82) is 0 Å². The number of sulfonamides is 1. The highest BCUT2D eigenvalue weighted by atomic mass is 35.5. The zero-order valence-corrected chi connectivity index (χ0v) is 12.2. The van der Waals surface area contributed by atoms with Crippen LogP contribution in [-0.4, -0.2) is 27.8 Å². The Kier molecular flexibility index (Phi) is 5.67. The number of anilines is 1. The number of rotatable bonds is 6. The lowest BCUT2D eigenvalue weighted by Crippen LogP contribution is -2.22. The summed E-state index contributed by atoms with van der Waals surface area (Å²) in [6.45, 7) is 0.440. The van der Waals surface area contributed by atoms with E-state index in [1.165, 1.54) is 6.07 Å². The van der Waals surface area contributed by atoms with Crippen molar-refractivity contribution in [1.82, 2.24) is 5.32 Å². The minimum atomic E-state index is -4.69. The number of benzene rings is 1. The Morgan fingerprint density at radius 3 is 2.50 bits per heavy atom. The Hall–Kier alpha value is -0.990. The molecule has 1 rings (SSSR count). The Morgan fingerprint density at radius 1 is 1.30 bits per heavy atom. The zero-order chi connectivity index (χ0) is 15.4. The summed E-state index contributed by atoms with van der Waals surface area (Å²) in [7, 11) is -2.24. The van der Waals surface area contributed by atoms with Gasteiger partial charge >= 0.3 is 6.18 Å². The number of hydrogen-bond acceptors (Lipinski definition) is 3. The van der Waals surface area contributed by atoms with Crippen LogP contribution in [0.5, 0.6) is 0 Å². The molecular weight excluding hydrogens is 317 g/mol. The number of halogens is 4. The largest absolute Gasteiger partial charge is 0.418 e. The highest BCUT2D eigenvalue weighted by molar-refractivity contribution is 7.92. The van der Waals surface area contributed by atoms with Crippen LogP contribution in [-0.2, 0) is 16.2 Å². The molecule has 1 aromatic carbocycles. The van der Waals surface area contributed by atoms with Crippen LogP contribution in [0.3, 0.4) is 0 Å². The normalized spacial score (nSPS) is 12.4. The second kappa shape index (κ2) is 6.64. The number of alkyl halides is 3. The van der Waals surface area contributed by atoms with Gasteiger partial charge in [-0.1, -0.05) is 17.7 Å². The molecule has 0 aromatic heterocycles. The van der Waals surface area contributed by atoms with Crippen molar-refractivity contribution in [2.24, 2.45) is 0 Å². The van der Waals surface area contributed by atoms with Crippen LogP contribution >= 0.6 is 11.6 Å². The third-order valence-corrected chi connectivity index (χ3v) is 4.07. The first-order valence-corrected chi connectivity index (χ1v) is 7.71. The molecule has 0 aliphatic heterocycles. The maximum Gasteiger partial charge on any atom is 0.418 e. The maximum absolute atomic E-state index is 12.8. The summed E-state index contributed by atoms with van der Waals surface area (Å²) in [4.78, 5) is 0. The van der Waals surface area contributed by atoms with Crippen LogP contribution in [0.4, 0.5) is 18.9 Å². The van der Waals surface area contributed by atoms with E-state index in [0.29, 0.717) is 6.54 Å². The summed E-state index contributed by atoms with van der Waals surface area (Å²) in [5.41, 5.74) is -1.74. The van der Waals surface area contributed by atoms with Crippen molar-refractivity contribution < 1.29 is 21.6 Å². The molecule has 0 fully saturated rings. The van der Waals surface area contributed by atoms with Gasteiger partial charge < -0.3 is 5.32 Å². The molecule has 0 radical (unpaired) electrons. The minimum absolute atomic E-state index is 0.275. The highest BCUT2D eigenvalue weighted by Gasteiger charge is 2.35. The van der Waals surface area contributed by atoms with Crippen molar-refractivity contribution >= 4 is 27.3 Å². The quantitative estimate of drug-likeness (QED) is 0.788. The molecule has 0 aliphatic carbocycles. The van der Waals surface area contributed by atoms with E-state index in [1.54, 1.807) is 7.05 Å². The minimum Gasteiger partial charge on any atom is -0.320 e. The number of para-hydroxylation sites is 1. The molecular formula is C11H14ClF3N2O2S. The fourth-order valence-electron chi connectivity index (χ4n) is 1.51. The van der Waals surface area contributed by atoms with Gasteiger partial charge in [-0.15, -0.1) is 0 Å². The van der Waals surface area contributed by atoms with Gasteiger partial charge in [0.15, 0.2) is 0 Å². The molecule has 0 aliphatic rings. The summed E-state index contributed by atoms with van der Waals surface area (Å²) in [6, 6.07) is 3.09. The second-order valence-electron chi connectivity index (χ2n) is 4.04. The number of hydrogen-bond donors (Lipinski definition) is 2. The van der Waals surface area contributed by atoms with Crippen LogP contribution in [0.1, 0.15) is 12.0 Å². The molecule has 0 amide bonds. The molecule has 0 spiro atoms. The molecule has 9 heteroatoms. The van der Waals surface area contributed by atoms with Gasteiger partial charge in [-0.25, -0.2) is 8.42 Å². The third-order valence-electron chi connectivity index (χ3n) is 2.42. The molecule has 4 nitrogen and oxygen atoms in total. The number of nitrogens with one attached hydrogen (secondary N) is 2. The fourth-order valence-corrected chi connectivity index (χ4v) is 2.94. The molecule has 0 unspecified atom stereocenters. The molecule has 20 heavy (non-hydrogen) atoms. The van der Waals surface area contributed by atoms with Crippen LogP contribution in [0.2, 0.25) is 5.02 Å². The van der Waals surface area contributed by atoms with Gasteiger partial charge in [0.05, 0.1) is 22.0 Å². The molecule has 114 valence electrons. The predicted molar refractivity (Wildman–Crippen MR) is 72.4 cm³/mol. The van der Waals surface area contributed by atoms with Crippen LogP contribution < -0.4 is 10.0 Å². The van der Waals surface area contributed by atoms with Crippen molar-refractivity contribution in [2.75, 3.05) is 24.1 Å². The first-order chi connectivity index (χ1) is 9.17. The topological polar surface area (TPSA) is 58.2 Å². The van der Waals surface area contributed by atoms with Gasteiger partial charge in [-0.2, -0.15) is 13.2 Å². The van der Waals surface area contributed by atoms with Crippen LogP contribution in [0.15, 0.2) is 18.2 Å². The average molecular weight is 331 g/mol. The molecule has 0 atom stereocenters. The first-order valence-electron chi connectivity index (χ1n) is 5.68. The molecule has 0 heterocycles. The molecule has 2 N–H and O–H groups in total. The molecule has 1 aromatic rings. The predicted octanol–water partition coefficient (Wildman–Crippen LogP) is 2.71. The third kappa shape index (κ3) is 4.84. The van der Waals surface area contributed by atoms with Gasteiger partial charge in [0.1, 0.15) is 0 Å². The summed E-state index contributed by atoms with van der Waals surface area (Å²) in [6.07, 6.45) is -4.41. The van der Waals surface area contributed by atoms with Crippen LogP contribution in [0.25, 0.3) is 0 Å². The van der Waals surface area contributed by atoms with Gasteiger partial charge in [-0.3, -0.25) is 4.72 Å². The summed E-state index contributed by atoms with van der Waals surface area (Å²) < 4.78 is 63.8. The van der Waals surface area contributed by atoms with Crippen molar-refractivity contribution in [3.8, 4) is 0 Å². The van der Waals surface area contributed by atoms with Gasteiger partial charge in [0.25, 0.3) is 0 Å². The second-order valence-corrected chi connectivity index (χ2v) is 6.29. The Balaban J connectivity index is 3.03. The van der Waals surface area contributed by atoms with Gasteiger partial charge in [0.2, 0.25) is 10.0 Å². The lowest BCUT2D eigenvalue weighted by Gasteiger charge is -2.16. The monoisotopic (exact) mass is 330 g/mol. The highest BCUT2D eigenvalue weighted by Crippen LogP contribution is 2.38. The average Bonchev–Trinajstić information content (AvgIpc) is 2.30. The Labute approximate surface area is 120 Å². The fraction of sp³-hybridized carbons (Fsp3) is 0.455. The van der Waals surface area contributed by atoms with E-state index in [0.717, 1.165) is 12.1 Å². The van der Waals surface area contributed by atoms with E-state index in [1.807, 2.05) is 4.72 Å². The van der Waals surface area contributed by atoms with E-state index in [2.05, 4.69) is 5.32 Å². The Bertz CT molecular complexity index is 561. The van der Waals surface area contributed by atoms with Gasteiger partial charge in [0, 0.05) is 0 Å². The standard InChI is InChI=1S/C11H14ClF3N2O2S/c1-16-6-3-7-20(18,19)17-10-8(11(13,14)15)4-2-5-9(10)12/h2,4-5,16-17H,3,6-7H2,1H3. The lowest BCUT2D eigenvalue weighted by molar-refractivity contribution is -0.136. The van der Waals surface area contributed by atoms with Crippen molar-refractivity contribution in [2.45, 2.75) is 12.6 Å². The summed E-state index contributed by atoms with van der Waals surface area (Å²) in [5.74, 6) is -0.295. The molecule has 0 bridgehead atoms. The molecule has 0 saturated heterocycles. The maximum atomic E-state index is 12.8. The van der Waals surface area contributed by atoms with E-state index in [9.17, 15) is 21.6 Å². The van der Waals surface area contributed by atoms with E-state index in [4.69, 9.17) is 11.6 Å². The smallest absolute Gasteiger partial charge is 0.320 e. The van der Waals surface area contributed by atoms with Crippen LogP contribution in [0, 0.1) is 0 Å². The van der Waals surface area contributed by atoms with Gasteiger partial charge in [-0.05, 0) is 32.1 Å². The van der Waals surface area contributed by atoms with Crippen molar-refractivity contribution in [3.05, 3.63) is 28.8 Å². The lowest BCUT2D eigenvalue weighted by atomic mass is 10.2.